The molecule has 0 aliphatic carbocycles. The van der Waals surface area contributed by atoms with E-state index in [1.807, 2.05) is 48.5 Å². The van der Waals surface area contributed by atoms with Crippen LogP contribution in [0.25, 0.3) is 11.0 Å². The first kappa shape index (κ1) is 18.9. The van der Waals surface area contributed by atoms with Crippen molar-refractivity contribution in [3.8, 4) is 0 Å². The Kier molecular flexibility index (Phi) is 5.42. The Hall–Kier alpha value is -3.41. The van der Waals surface area contributed by atoms with Gasteiger partial charge in [0.25, 0.3) is 5.91 Å². The summed E-state index contributed by atoms with van der Waals surface area (Å²) in [6.45, 7) is 2.25. The number of benzene rings is 2. The van der Waals surface area contributed by atoms with E-state index in [4.69, 9.17) is 9.15 Å². The minimum Gasteiger partial charge on any atom is -0.464 e. The summed E-state index contributed by atoms with van der Waals surface area (Å²) in [6.07, 6.45) is 3.24. The monoisotopic (exact) mass is 390 g/mol. The van der Waals surface area contributed by atoms with Crippen molar-refractivity contribution in [2.24, 2.45) is 5.10 Å². The quantitative estimate of drug-likeness (QED) is 0.602. The lowest BCUT2D eigenvalue weighted by molar-refractivity contribution is -0.151. The zero-order valence-corrected chi connectivity index (χ0v) is 16.3. The second-order valence-electron chi connectivity index (χ2n) is 6.96. The fraction of sp³-hybridized carbons (Fsp3) is 0.261. The van der Waals surface area contributed by atoms with Crippen LogP contribution in [0.5, 0.6) is 0 Å². The van der Waals surface area contributed by atoms with Crippen molar-refractivity contribution < 1.29 is 18.7 Å². The maximum absolute atomic E-state index is 12.3. The molecule has 0 saturated heterocycles. The van der Waals surface area contributed by atoms with Crippen molar-refractivity contribution in [2.75, 3.05) is 13.2 Å². The number of aryl methyl sites for hydroxylation is 1. The van der Waals surface area contributed by atoms with E-state index in [-0.39, 0.29) is 18.9 Å². The van der Waals surface area contributed by atoms with Crippen LogP contribution < -0.4 is 0 Å². The van der Waals surface area contributed by atoms with Crippen LogP contribution in [0.1, 0.15) is 30.0 Å². The summed E-state index contributed by atoms with van der Waals surface area (Å²) in [5.74, 6) is -0.791. The standard InChI is InChI=1S/C23H22N2O4/c1-2-16-8-9-19-18(14-28-21(19)12-16)13-23(27)29-15-22(26)25-11-10-20(24-25)17-6-4-3-5-7-17/h3-9,12,14H,2,10-11,13,15H2,1H3. The van der Waals surface area contributed by atoms with Gasteiger partial charge in [-0.25, -0.2) is 5.01 Å². The number of hydrazone groups is 1. The van der Waals surface area contributed by atoms with Crippen LogP contribution in [-0.2, 0) is 27.2 Å². The fourth-order valence-electron chi connectivity index (χ4n) is 3.38. The molecule has 0 unspecified atom stereocenters. The Morgan fingerprint density at radius 1 is 1.17 bits per heavy atom. The minimum atomic E-state index is -0.466. The van der Waals surface area contributed by atoms with Gasteiger partial charge in [0, 0.05) is 17.4 Å². The third-order valence-corrected chi connectivity index (χ3v) is 5.02. The van der Waals surface area contributed by atoms with Crippen LogP contribution in [0.15, 0.2) is 64.3 Å². The number of hydrogen-bond acceptors (Lipinski definition) is 5. The predicted octanol–water partition coefficient (Wildman–Crippen LogP) is 3.72. The van der Waals surface area contributed by atoms with E-state index >= 15 is 0 Å². The highest BCUT2D eigenvalue weighted by atomic mass is 16.5. The van der Waals surface area contributed by atoms with Gasteiger partial charge in [-0.05, 0) is 23.6 Å². The topological polar surface area (TPSA) is 72.1 Å². The Morgan fingerprint density at radius 3 is 2.79 bits per heavy atom. The van der Waals surface area contributed by atoms with Crippen molar-refractivity contribution in [3.05, 3.63) is 71.5 Å². The molecule has 2 heterocycles. The smallest absolute Gasteiger partial charge is 0.310 e. The lowest BCUT2D eigenvalue weighted by atomic mass is 10.1. The van der Waals surface area contributed by atoms with E-state index in [0.29, 0.717) is 13.0 Å². The second-order valence-corrected chi connectivity index (χ2v) is 6.96. The van der Waals surface area contributed by atoms with Crippen molar-refractivity contribution in [3.63, 3.8) is 0 Å². The van der Waals surface area contributed by atoms with Crippen LogP contribution in [0, 0.1) is 0 Å². The zero-order chi connectivity index (χ0) is 20.2. The molecule has 29 heavy (non-hydrogen) atoms. The first-order valence-electron chi connectivity index (χ1n) is 9.72. The Bertz CT molecular complexity index is 1070. The third kappa shape index (κ3) is 4.21. The summed E-state index contributed by atoms with van der Waals surface area (Å²) in [4.78, 5) is 24.5. The van der Waals surface area contributed by atoms with Gasteiger partial charge in [-0.3, -0.25) is 9.59 Å². The third-order valence-electron chi connectivity index (χ3n) is 5.02. The molecule has 4 rings (SSSR count). The van der Waals surface area contributed by atoms with E-state index in [9.17, 15) is 9.59 Å². The maximum atomic E-state index is 12.3. The molecule has 3 aromatic rings. The van der Waals surface area contributed by atoms with Crippen LogP contribution in [0.4, 0.5) is 0 Å². The molecule has 0 fully saturated rings. The molecular formula is C23H22N2O4. The van der Waals surface area contributed by atoms with Gasteiger partial charge >= 0.3 is 5.97 Å². The first-order chi connectivity index (χ1) is 14.1. The van der Waals surface area contributed by atoms with Crippen LogP contribution >= 0.6 is 0 Å². The number of furan rings is 1. The molecule has 6 nitrogen and oxygen atoms in total. The summed E-state index contributed by atoms with van der Waals surface area (Å²) in [5.41, 5.74) is 4.54. The molecule has 1 aliphatic rings. The van der Waals surface area contributed by atoms with Gasteiger partial charge in [-0.1, -0.05) is 49.4 Å². The molecule has 1 aromatic heterocycles. The molecule has 0 radical (unpaired) electrons. The Morgan fingerprint density at radius 2 is 2.00 bits per heavy atom. The number of carbonyl (C=O) groups is 2. The molecule has 1 amide bonds. The minimum absolute atomic E-state index is 0.0598. The van der Waals surface area contributed by atoms with Gasteiger partial charge in [0.1, 0.15) is 5.58 Å². The van der Waals surface area contributed by atoms with Crippen molar-refractivity contribution in [1.29, 1.82) is 0 Å². The molecule has 6 heteroatoms. The van der Waals surface area contributed by atoms with Gasteiger partial charge in [-0.2, -0.15) is 5.10 Å². The van der Waals surface area contributed by atoms with Gasteiger partial charge in [0.2, 0.25) is 0 Å². The van der Waals surface area contributed by atoms with E-state index in [0.717, 1.165) is 34.2 Å². The highest BCUT2D eigenvalue weighted by molar-refractivity contribution is 6.02. The second kappa shape index (κ2) is 8.31. The number of rotatable bonds is 6. The van der Waals surface area contributed by atoms with Gasteiger partial charge < -0.3 is 9.15 Å². The predicted molar refractivity (Wildman–Crippen MR) is 110 cm³/mol. The maximum Gasteiger partial charge on any atom is 0.310 e. The van der Waals surface area contributed by atoms with Crippen molar-refractivity contribution in [2.45, 2.75) is 26.2 Å². The lowest BCUT2D eigenvalue weighted by Crippen LogP contribution is -2.29. The van der Waals surface area contributed by atoms with Crippen LogP contribution in [-0.4, -0.2) is 35.7 Å². The number of fused-ring (bicyclic) bond motifs is 1. The zero-order valence-electron chi connectivity index (χ0n) is 16.3. The van der Waals surface area contributed by atoms with Crippen molar-refractivity contribution in [1.82, 2.24) is 5.01 Å². The highest BCUT2D eigenvalue weighted by Gasteiger charge is 2.22. The molecule has 0 spiro atoms. The highest BCUT2D eigenvalue weighted by Crippen LogP contribution is 2.23. The molecule has 0 N–H and O–H groups in total. The van der Waals surface area contributed by atoms with E-state index in [1.165, 1.54) is 10.6 Å². The van der Waals surface area contributed by atoms with Crippen LogP contribution in [0.3, 0.4) is 0 Å². The summed E-state index contributed by atoms with van der Waals surface area (Å²) in [6, 6.07) is 15.7. The summed E-state index contributed by atoms with van der Waals surface area (Å²) < 4.78 is 10.7. The Balaban J connectivity index is 1.33. The SMILES string of the molecule is CCc1ccc2c(CC(=O)OCC(=O)N3CCC(c4ccccc4)=N3)coc2c1. The average molecular weight is 390 g/mol. The molecule has 0 saturated carbocycles. The number of esters is 1. The number of nitrogens with zero attached hydrogens (tertiary/aromatic N) is 2. The lowest BCUT2D eigenvalue weighted by Gasteiger charge is -2.11. The van der Waals surface area contributed by atoms with Crippen molar-refractivity contribution >= 4 is 28.6 Å². The van der Waals surface area contributed by atoms with E-state index < -0.39 is 5.97 Å². The van der Waals surface area contributed by atoms with Gasteiger partial charge in [-0.15, -0.1) is 0 Å². The molecular weight excluding hydrogens is 368 g/mol. The average Bonchev–Trinajstić information content (AvgIpc) is 3.40. The summed E-state index contributed by atoms with van der Waals surface area (Å²) >= 11 is 0. The molecule has 1 aliphatic heterocycles. The number of ether oxygens (including phenoxy) is 1. The van der Waals surface area contributed by atoms with Gasteiger partial charge in [0.15, 0.2) is 6.61 Å². The largest absolute Gasteiger partial charge is 0.464 e. The van der Waals surface area contributed by atoms with Gasteiger partial charge in [0.05, 0.1) is 24.9 Å². The van der Waals surface area contributed by atoms with Crippen LogP contribution in [0.2, 0.25) is 0 Å². The summed E-state index contributed by atoms with van der Waals surface area (Å²) in [7, 11) is 0. The molecule has 2 aromatic carbocycles. The number of amides is 1. The molecule has 148 valence electrons. The molecule has 0 atom stereocenters. The number of carbonyl (C=O) groups excluding carboxylic acids is 2. The first-order valence-corrected chi connectivity index (χ1v) is 9.72. The molecule has 0 bridgehead atoms. The summed E-state index contributed by atoms with van der Waals surface area (Å²) in [5, 5.41) is 6.62. The van der Waals surface area contributed by atoms with E-state index in [1.54, 1.807) is 6.26 Å². The fourth-order valence-corrected chi connectivity index (χ4v) is 3.38. The Labute approximate surface area is 168 Å². The normalized spacial score (nSPS) is 13.6. The number of hydrogen-bond donors (Lipinski definition) is 0. The van der Waals surface area contributed by atoms with E-state index in [2.05, 4.69) is 12.0 Å².